The van der Waals surface area contributed by atoms with E-state index in [4.69, 9.17) is 4.42 Å². The summed E-state index contributed by atoms with van der Waals surface area (Å²) in [7, 11) is 0. The molecule has 0 atom stereocenters. The summed E-state index contributed by atoms with van der Waals surface area (Å²) in [5.41, 5.74) is 0.924. The Morgan fingerprint density at radius 2 is 2.10 bits per heavy atom. The van der Waals surface area contributed by atoms with Crippen molar-refractivity contribution in [3.8, 4) is 0 Å². The molecule has 0 aliphatic carbocycles. The topological polar surface area (TPSA) is 63.0 Å². The molecule has 0 radical (unpaired) electrons. The second-order valence-electron chi connectivity index (χ2n) is 4.33. The molecule has 0 saturated carbocycles. The van der Waals surface area contributed by atoms with Gasteiger partial charge < -0.3 is 15.1 Å². The number of nitrogens with one attached hydrogen (secondary N) is 2. The Kier molecular flexibility index (Phi) is 4.16. The number of aromatic nitrogens is 2. The summed E-state index contributed by atoms with van der Waals surface area (Å²) in [6, 6.07) is 13.4. The average molecular weight is 345 g/mol. The van der Waals surface area contributed by atoms with Crippen LogP contribution in [0.3, 0.4) is 0 Å². The Balaban J connectivity index is 1.68. The van der Waals surface area contributed by atoms with Crippen molar-refractivity contribution in [3.05, 3.63) is 65.2 Å². The number of nitrogens with zero attached hydrogens (tertiary/aromatic N) is 2. The van der Waals surface area contributed by atoms with Crippen molar-refractivity contribution in [2.45, 2.75) is 6.54 Å². The highest BCUT2D eigenvalue weighted by Crippen LogP contribution is 2.19. The first-order chi connectivity index (χ1) is 10.3. The van der Waals surface area contributed by atoms with Crippen LogP contribution in [0, 0.1) is 0 Å². The molecule has 21 heavy (non-hydrogen) atoms. The lowest BCUT2D eigenvalue weighted by molar-refractivity contribution is 0.518. The fraction of sp³-hybridized carbons (Fsp3) is 0.0667. The van der Waals surface area contributed by atoms with Crippen LogP contribution in [-0.2, 0) is 6.54 Å². The fourth-order valence-corrected chi connectivity index (χ4v) is 2.20. The molecule has 0 unspecified atom stereocenters. The van der Waals surface area contributed by atoms with E-state index in [1.807, 2.05) is 42.5 Å². The monoisotopic (exact) mass is 344 g/mol. The van der Waals surface area contributed by atoms with Gasteiger partial charge in [-0.05, 0) is 36.4 Å². The van der Waals surface area contributed by atoms with E-state index < -0.39 is 0 Å². The Bertz CT molecular complexity index is 715. The maximum Gasteiger partial charge on any atom is 0.229 e. The van der Waals surface area contributed by atoms with Gasteiger partial charge >= 0.3 is 0 Å². The van der Waals surface area contributed by atoms with E-state index in [9.17, 15) is 0 Å². The Labute approximate surface area is 130 Å². The zero-order valence-electron chi connectivity index (χ0n) is 11.1. The van der Waals surface area contributed by atoms with Gasteiger partial charge in [0.25, 0.3) is 0 Å². The number of furan rings is 1. The molecular weight excluding hydrogens is 332 g/mol. The van der Waals surface area contributed by atoms with Crippen LogP contribution in [0.2, 0.25) is 0 Å². The van der Waals surface area contributed by atoms with Crippen molar-refractivity contribution in [1.29, 1.82) is 0 Å². The minimum Gasteiger partial charge on any atom is -0.467 e. The van der Waals surface area contributed by atoms with E-state index in [0.29, 0.717) is 12.5 Å². The van der Waals surface area contributed by atoms with E-state index in [1.54, 1.807) is 12.5 Å². The van der Waals surface area contributed by atoms with Gasteiger partial charge in [0.2, 0.25) is 5.95 Å². The summed E-state index contributed by atoms with van der Waals surface area (Å²) in [5.74, 6) is 2.13. The maximum atomic E-state index is 5.27. The number of hydrogen-bond acceptors (Lipinski definition) is 5. The van der Waals surface area contributed by atoms with Crippen molar-refractivity contribution in [2.75, 3.05) is 10.6 Å². The third-order valence-electron chi connectivity index (χ3n) is 2.76. The summed E-state index contributed by atoms with van der Waals surface area (Å²) in [6.45, 7) is 0.584. The lowest BCUT2D eigenvalue weighted by Crippen LogP contribution is -2.03. The van der Waals surface area contributed by atoms with Gasteiger partial charge in [0, 0.05) is 16.4 Å². The van der Waals surface area contributed by atoms with Crippen LogP contribution in [0.15, 0.2) is 63.8 Å². The minimum atomic E-state index is 0.539. The molecule has 3 aromatic rings. The Morgan fingerprint density at radius 1 is 1.14 bits per heavy atom. The molecule has 2 aromatic heterocycles. The summed E-state index contributed by atoms with van der Waals surface area (Å²) < 4.78 is 6.27. The van der Waals surface area contributed by atoms with Gasteiger partial charge in [0.15, 0.2) is 0 Å². The second kappa shape index (κ2) is 6.41. The molecule has 0 bridgehead atoms. The zero-order chi connectivity index (χ0) is 14.5. The first kappa shape index (κ1) is 13.6. The van der Waals surface area contributed by atoms with E-state index in [2.05, 4.69) is 36.5 Å². The van der Waals surface area contributed by atoms with Gasteiger partial charge in [0.1, 0.15) is 11.6 Å². The number of halogens is 1. The standard InChI is InChI=1S/C15H13BrN4O/c16-11-3-1-4-12(9-11)19-15-17-7-6-14(20-15)18-10-13-5-2-8-21-13/h1-9H,10H2,(H2,17,18,19,20). The molecule has 0 fully saturated rings. The molecule has 0 spiro atoms. The van der Waals surface area contributed by atoms with E-state index >= 15 is 0 Å². The van der Waals surface area contributed by atoms with Crippen LogP contribution >= 0.6 is 15.9 Å². The smallest absolute Gasteiger partial charge is 0.229 e. The first-order valence-electron chi connectivity index (χ1n) is 6.41. The van der Waals surface area contributed by atoms with Crippen molar-refractivity contribution in [1.82, 2.24) is 9.97 Å². The van der Waals surface area contributed by atoms with Gasteiger partial charge in [-0.15, -0.1) is 0 Å². The highest BCUT2D eigenvalue weighted by Gasteiger charge is 2.01. The maximum absolute atomic E-state index is 5.27. The third-order valence-corrected chi connectivity index (χ3v) is 3.25. The lowest BCUT2D eigenvalue weighted by atomic mass is 10.3. The molecular formula is C15H13BrN4O. The van der Waals surface area contributed by atoms with E-state index in [1.165, 1.54) is 0 Å². The summed E-state index contributed by atoms with van der Waals surface area (Å²) in [4.78, 5) is 8.62. The highest BCUT2D eigenvalue weighted by molar-refractivity contribution is 9.10. The summed E-state index contributed by atoms with van der Waals surface area (Å²) in [6.07, 6.45) is 3.36. The first-order valence-corrected chi connectivity index (χ1v) is 7.21. The van der Waals surface area contributed by atoms with E-state index in [-0.39, 0.29) is 0 Å². The summed E-state index contributed by atoms with van der Waals surface area (Å²) in [5, 5.41) is 6.35. The van der Waals surface area contributed by atoms with E-state index in [0.717, 1.165) is 21.7 Å². The van der Waals surface area contributed by atoms with Gasteiger partial charge in [-0.2, -0.15) is 4.98 Å². The van der Waals surface area contributed by atoms with Crippen LogP contribution in [-0.4, -0.2) is 9.97 Å². The van der Waals surface area contributed by atoms with Crippen LogP contribution in [0.25, 0.3) is 0 Å². The largest absolute Gasteiger partial charge is 0.467 e. The number of benzene rings is 1. The SMILES string of the molecule is Brc1cccc(Nc2nccc(NCc3ccco3)n2)c1. The zero-order valence-corrected chi connectivity index (χ0v) is 12.7. The average Bonchev–Trinajstić information content (AvgIpc) is 2.99. The Morgan fingerprint density at radius 3 is 2.90 bits per heavy atom. The summed E-state index contributed by atoms with van der Waals surface area (Å²) >= 11 is 3.43. The Hall–Kier alpha value is -2.34. The molecule has 3 rings (SSSR count). The number of rotatable bonds is 5. The molecule has 0 aliphatic heterocycles. The second-order valence-corrected chi connectivity index (χ2v) is 5.25. The van der Waals surface area contributed by atoms with Gasteiger partial charge in [-0.3, -0.25) is 0 Å². The number of hydrogen-bond donors (Lipinski definition) is 2. The molecule has 0 saturated heterocycles. The van der Waals surface area contributed by atoms with Gasteiger partial charge in [0.05, 0.1) is 12.8 Å². The molecule has 2 N–H and O–H groups in total. The van der Waals surface area contributed by atoms with Crippen LogP contribution in [0.4, 0.5) is 17.5 Å². The predicted octanol–water partition coefficient (Wildman–Crippen LogP) is 4.19. The molecule has 6 heteroatoms. The van der Waals surface area contributed by atoms with Crippen LogP contribution in [0.5, 0.6) is 0 Å². The normalized spacial score (nSPS) is 10.3. The van der Waals surface area contributed by atoms with Gasteiger partial charge in [-0.1, -0.05) is 22.0 Å². The molecule has 106 valence electrons. The number of anilines is 3. The molecule has 5 nitrogen and oxygen atoms in total. The van der Waals surface area contributed by atoms with Crippen molar-refractivity contribution in [3.63, 3.8) is 0 Å². The molecule has 1 aromatic carbocycles. The van der Waals surface area contributed by atoms with Crippen molar-refractivity contribution >= 4 is 33.4 Å². The lowest BCUT2D eigenvalue weighted by Gasteiger charge is -2.07. The highest BCUT2D eigenvalue weighted by atomic mass is 79.9. The van der Waals surface area contributed by atoms with Crippen molar-refractivity contribution in [2.24, 2.45) is 0 Å². The fourth-order valence-electron chi connectivity index (χ4n) is 1.80. The quantitative estimate of drug-likeness (QED) is 0.726. The predicted molar refractivity (Wildman–Crippen MR) is 85.5 cm³/mol. The molecule has 0 amide bonds. The van der Waals surface area contributed by atoms with Crippen LogP contribution < -0.4 is 10.6 Å². The minimum absolute atomic E-state index is 0.539. The van der Waals surface area contributed by atoms with Crippen LogP contribution in [0.1, 0.15) is 5.76 Å². The molecule has 2 heterocycles. The van der Waals surface area contributed by atoms with Crippen molar-refractivity contribution < 1.29 is 4.42 Å². The molecule has 0 aliphatic rings. The van der Waals surface area contributed by atoms with Gasteiger partial charge in [-0.25, -0.2) is 4.98 Å². The third kappa shape index (κ3) is 3.82.